The summed E-state index contributed by atoms with van der Waals surface area (Å²) < 4.78 is 14.7. The molecular weight excluding hydrogens is 381 g/mol. The van der Waals surface area contributed by atoms with Gasteiger partial charge in [0.1, 0.15) is 11.4 Å². The van der Waals surface area contributed by atoms with Gasteiger partial charge in [0, 0.05) is 6.20 Å². The summed E-state index contributed by atoms with van der Waals surface area (Å²) in [5.74, 6) is -1.02. The highest BCUT2D eigenvalue weighted by atomic mass is 19.1. The first-order valence-corrected chi connectivity index (χ1v) is 9.62. The van der Waals surface area contributed by atoms with Crippen molar-refractivity contribution in [2.45, 2.75) is 32.7 Å². The summed E-state index contributed by atoms with van der Waals surface area (Å²) in [5.41, 5.74) is 4.63. The monoisotopic (exact) mass is 405 g/mol. The van der Waals surface area contributed by atoms with Gasteiger partial charge in [0.15, 0.2) is 0 Å². The number of carbonyl (C=O) groups excluding carboxylic acids is 1. The van der Waals surface area contributed by atoms with Crippen molar-refractivity contribution in [3.8, 4) is 0 Å². The zero-order valence-corrected chi connectivity index (χ0v) is 17.2. The Kier molecular flexibility index (Phi) is 6.26. The van der Waals surface area contributed by atoms with Crippen molar-refractivity contribution in [2.24, 2.45) is 5.10 Å². The van der Waals surface area contributed by atoms with Gasteiger partial charge in [-0.2, -0.15) is 5.10 Å². The molecule has 30 heavy (non-hydrogen) atoms. The molecule has 1 N–H and O–H groups in total. The number of hydrogen-bond acceptors (Lipinski definition) is 3. The van der Waals surface area contributed by atoms with Crippen LogP contribution in [0.25, 0.3) is 0 Å². The van der Waals surface area contributed by atoms with Crippen LogP contribution in [0, 0.1) is 5.82 Å². The van der Waals surface area contributed by atoms with Gasteiger partial charge >= 0.3 is 0 Å². The molecule has 0 saturated heterocycles. The normalized spacial score (nSPS) is 11.6. The van der Waals surface area contributed by atoms with Gasteiger partial charge in [0.05, 0.1) is 12.8 Å². The Morgan fingerprint density at radius 3 is 2.50 bits per heavy atom. The molecule has 0 atom stereocenters. The van der Waals surface area contributed by atoms with E-state index < -0.39 is 17.3 Å². The van der Waals surface area contributed by atoms with E-state index in [0.29, 0.717) is 12.1 Å². The van der Waals surface area contributed by atoms with Crippen LogP contribution in [0.4, 0.5) is 4.39 Å². The molecule has 6 heteroatoms. The maximum atomic E-state index is 13.2. The number of aromatic nitrogens is 1. The van der Waals surface area contributed by atoms with E-state index in [1.165, 1.54) is 34.5 Å². The molecular formula is C24H24FN3O2. The van der Waals surface area contributed by atoms with Crippen LogP contribution in [0.3, 0.4) is 0 Å². The Bertz CT molecular complexity index is 1130. The molecule has 2 aromatic carbocycles. The first kappa shape index (κ1) is 21.2. The van der Waals surface area contributed by atoms with E-state index in [1.54, 1.807) is 24.4 Å². The summed E-state index contributed by atoms with van der Waals surface area (Å²) in [7, 11) is 0. The molecule has 0 aliphatic rings. The van der Waals surface area contributed by atoms with Crippen molar-refractivity contribution < 1.29 is 9.18 Å². The maximum Gasteiger partial charge on any atom is 0.276 e. The third-order valence-corrected chi connectivity index (χ3v) is 4.67. The number of benzene rings is 2. The van der Waals surface area contributed by atoms with Gasteiger partial charge in [-0.25, -0.2) is 9.82 Å². The second-order valence-electron chi connectivity index (χ2n) is 8.06. The molecule has 1 heterocycles. The number of pyridine rings is 1. The van der Waals surface area contributed by atoms with Gasteiger partial charge in [0.2, 0.25) is 0 Å². The van der Waals surface area contributed by atoms with E-state index in [4.69, 9.17) is 0 Å². The average Bonchev–Trinajstić information content (AvgIpc) is 2.69. The Balaban J connectivity index is 1.72. The van der Waals surface area contributed by atoms with Crippen LogP contribution >= 0.6 is 0 Å². The second-order valence-corrected chi connectivity index (χ2v) is 8.06. The Hall–Kier alpha value is -3.54. The molecule has 1 amide bonds. The second kappa shape index (κ2) is 8.86. The summed E-state index contributed by atoms with van der Waals surface area (Å²) in [5, 5.41) is 3.81. The first-order valence-electron chi connectivity index (χ1n) is 9.62. The lowest BCUT2D eigenvalue weighted by molar-refractivity contribution is 0.0953. The van der Waals surface area contributed by atoms with Gasteiger partial charge in [-0.05, 0) is 46.4 Å². The van der Waals surface area contributed by atoms with Crippen molar-refractivity contribution in [1.82, 2.24) is 9.99 Å². The molecule has 0 spiro atoms. The van der Waals surface area contributed by atoms with Crippen LogP contribution in [-0.2, 0) is 12.0 Å². The van der Waals surface area contributed by atoms with E-state index in [1.807, 2.05) is 12.1 Å². The van der Waals surface area contributed by atoms with Crippen LogP contribution in [-0.4, -0.2) is 16.7 Å². The number of hydrogen-bond donors (Lipinski definition) is 1. The van der Waals surface area contributed by atoms with Crippen LogP contribution in [0.1, 0.15) is 47.8 Å². The van der Waals surface area contributed by atoms with Crippen molar-refractivity contribution in [3.05, 3.63) is 105 Å². The van der Waals surface area contributed by atoms with Crippen molar-refractivity contribution in [1.29, 1.82) is 0 Å². The van der Waals surface area contributed by atoms with Crippen LogP contribution in [0.2, 0.25) is 0 Å². The molecule has 0 bridgehead atoms. The largest absolute Gasteiger partial charge is 0.310 e. The van der Waals surface area contributed by atoms with E-state index in [0.717, 1.165) is 5.56 Å². The zero-order chi connectivity index (χ0) is 21.7. The molecule has 154 valence electrons. The number of carbonyl (C=O) groups is 1. The van der Waals surface area contributed by atoms with Crippen molar-refractivity contribution in [3.63, 3.8) is 0 Å². The minimum absolute atomic E-state index is 0.0137. The van der Waals surface area contributed by atoms with E-state index in [2.05, 4.69) is 43.4 Å². The first-order chi connectivity index (χ1) is 14.2. The summed E-state index contributed by atoms with van der Waals surface area (Å²) in [4.78, 5) is 25.1. The fourth-order valence-corrected chi connectivity index (χ4v) is 2.95. The molecule has 1 aromatic heterocycles. The minimum Gasteiger partial charge on any atom is -0.310 e. The van der Waals surface area contributed by atoms with Gasteiger partial charge in [-0.3, -0.25) is 9.59 Å². The predicted octanol–water partition coefficient (Wildman–Crippen LogP) is 4.10. The quantitative estimate of drug-likeness (QED) is 0.513. The SMILES string of the molecule is CC(C)(C)c1ccc(Cn2cccc(C(=O)N/N=C\c3cccc(F)c3)c2=O)cc1. The summed E-state index contributed by atoms with van der Waals surface area (Å²) in [6.45, 7) is 6.79. The van der Waals surface area contributed by atoms with E-state index in [9.17, 15) is 14.0 Å². The highest BCUT2D eigenvalue weighted by molar-refractivity contribution is 5.94. The molecule has 3 aromatic rings. The Morgan fingerprint density at radius 2 is 1.83 bits per heavy atom. The summed E-state index contributed by atoms with van der Waals surface area (Å²) >= 11 is 0. The molecule has 0 unspecified atom stereocenters. The highest BCUT2D eigenvalue weighted by Crippen LogP contribution is 2.22. The lowest BCUT2D eigenvalue weighted by Gasteiger charge is -2.19. The number of halogens is 1. The fourth-order valence-electron chi connectivity index (χ4n) is 2.95. The lowest BCUT2D eigenvalue weighted by atomic mass is 9.87. The smallest absolute Gasteiger partial charge is 0.276 e. The third-order valence-electron chi connectivity index (χ3n) is 4.67. The highest BCUT2D eigenvalue weighted by Gasteiger charge is 2.14. The zero-order valence-electron chi connectivity index (χ0n) is 17.2. The maximum absolute atomic E-state index is 13.2. The average molecular weight is 405 g/mol. The minimum atomic E-state index is -0.620. The molecule has 0 saturated carbocycles. The number of nitrogens with one attached hydrogen (secondary N) is 1. The van der Waals surface area contributed by atoms with Gasteiger partial charge in [-0.1, -0.05) is 57.2 Å². The van der Waals surface area contributed by atoms with Crippen molar-refractivity contribution in [2.75, 3.05) is 0 Å². The van der Waals surface area contributed by atoms with Crippen molar-refractivity contribution >= 4 is 12.1 Å². The molecule has 3 rings (SSSR count). The van der Waals surface area contributed by atoms with Crippen LogP contribution < -0.4 is 11.0 Å². The van der Waals surface area contributed by atoms with Gasteiger partial charge < -0.3 is 4.57 Å². The van der Waals surface area contributed by atoms with Gasteiger partial charge in [-0.15, -0.1) is 0 Å². The fraction of sp³-hybridized carbons (Fsp3) is 0.208. The summed E-state index contributed by atoms with van der Waals surface area (Å²) in [6, 6.07) is 17.0. The predicted molar refractivity (Wildman–Crippen MR) is 116 cm³/mol. The van der Waals surface area contributed by atoms with Crippen LogP contribution in [0.5, 0.6) is 0 Å². The molecule has 0 fully saturated rings. The van der Waals surface area contributed by atoms with Crippen LogP contribution in [0.15, 0.2) is 76.8 Å². The number of rotatable bonds is 5. The Labute approximate surface area is 174 Å². The number of hydrazone groups is 1. The standard InChI is InChI=1S/C24H24FN3O2/c1-24(2,3)19-11-9-17(10-12-19)16-28-13-5-8-21(23(28)30)22(29)27-26-15-18-6-4-7-20(25)14-18/h4-15H,16H2,1-3H3,(H,27,29)/b26-15-. The number of nitrogens with zero attached hydrogens (tertiary/aromatic N) is 2. The third kappa shape index (κ3) is 5.29. The lowest BCUT2D eigenvalue weighted by Crippen LogP contribution is -2.30. The molecule has 5 nitrogen and oxygen atoms in total. The Morgan fingerprint density at radius 1 is 1.10 bits per heavy atom. The van der Waals surface area contributed by atoms with E-state index >= 15 is 0 Å². The molecule has 0 radical (unpaired) electrons. The topological polar surface area (TPSA) is 63.5 Å². The molecule has 0 aliphatic carbocycles. The molecule has 0 aliphatic heterocycles. The van der Waals surface area contributed by atoms with Gasteiger partial charge in [0.25, 0.3) is 11.5 Å². The summed E-state index contributed by atoms with van der Waals surface area (Å²) in [6.07, 6.45) is 2.96. The van der Waals surface area contributed by atoms with E-state index in [-0.39, 0.29) is 11.0 Å². The number of amides is 1.